The Hall–Kier alpha value is -5.70. The Balaban J connectivity index is 0.000000165. The van der Waals surface area contributed by atoms with E-state index in [4.69, 9.17) is 14.2 Å². The van der Waals surface area contributed by atoms with Gasteiger partial charge in [-0.15, -0.1) is 0 Å². The van der Waals surface area contributed by atoms with Crippen molar-refractivity contribution in [3.05, 3.63) is 127 Å². The second kappa shape index (κ2) is 23.9. The Bertz CT molecular complexity index is 2630. The largest absolute Gasteiger partial charge is 0.743 e. The third-order valence-corrected chi connectivity index (χ3v) is 18.0. The van der Waals surface area contributed by atoms with E-state index in [2.05, 4.69) is 127 Å². The lowest BCUT2D eigenvalue weighted by molar-refractivity contribution is -0.351. The van der Waals surface area contributed by atoms with Crippen LogP contribution < -0.4 is 0 Å². The molecule has 76 heavy (non-hydrogen) atoms. The third-order valence-electron chi connectivity index (χ3n) is 14.9. The summed E-state index contributed by atoms with van der Waals surface area (Å²) in [5.74, 6) is -5.38. The van der Waals surface area contributed by atoms with Crippen molar-refractivity contribution >= 4 is 50.7 Å². The van der Waals surface area contributed by atoms with Gasteiger partial charge in [-0.25, -0.2) is 22.8 Å². The van der Waals surface area contributed by atoms with E-state index in [1.807, 2.05) is 0 Å². The van der Waals surface area contributed by atoms with Crippen molar-refractivity contribution in [3.8, 4) is 0 Å². The first kappa shape index (κ1) is 59.5. The van der Waals surface area contributed by atoms with Crippen molar-refractivity contribution in [2.45, 2.75) is 136 Å². The van der Waals surface area contributed by atoms with Gasteiger partial charge in [-0.1, -0.05) is 81.3 Å². The Morgan fingerprint density at radius 1 is 0.697 bits per heavy atom. The molecule has 7 aliphatic rings. The Kier molecular flexibility index (Phi) is 18.7. The maximum absolute atomic E-state index is 13.0. The van der Waals surface area contributed by atoms with Gasteiger partial charge in [0.15, 0.2) is 24.8 Å². The highest BCUT2D eigenvalue weighted by molar-refractivity contribution is 7.97. The minimum absolute atomic E-state index is 0.0146. The molecule has 6 bridgehead atoms. The number of Topliss-reactive ketones (excluding diaryl/α,β-unsaturated/α-hetero) is 1. The maximum Gasteiger partial charge on any atom is 0.463 e. The monoisotopic (exact) mass is 1100 g/mol. The molecule has 6 unspecified atom stereocenters. The molecule has 1 saturated heterocycles. The van der Waals surface area contributed by atoms with Gasteiger partial charge in [0.2, 0.25) is 5.78 Å². The molecule has 3 aromatic rings. The summed E-state index contributed by atoms with van der Waals surface area (Å²) >= 11 is 0. The molecule has 6 aliphatic carbocycles. The van der Waals surface area contributed by atoms with Gasteiger partial charge in [-0.2, -0.15) is 22.0 Å². The number of carbonyl (C=O) groups is 5. The van der Waals surface area contributed by atoms with E-state index in [0.717, 1.165) is 38.0 Å². The molecule has 6 saturated carbocycles. The van der Waals surface area contributed by atoms with Gasteiger partial charge in [-0.05, 0) is 132 Å². The molecule has 3 aromatic carbocycles. The van der Waals surface area contributed by atoms with E-state index in [1.54, 1.807) is 13.8 Å². The number of hydrogen-bond donors (Lipinski definition) is 0. The number of alkyl halides is 5. The molecule has 13 nitrogen and oxygen atoms in total. The topological polar surface area (TPSA) is 189 Å². The van der Waals surface area contributed by atoms with Crippen LogP contribution in [0.4, 0.5) is 22.0 Å². The first-order chi connectivity index (χ1) is 35.6. The predicted molar refractivity (Wildman–Crippen MR) is 268 cm³/mol. The smallest absolute Gasteiger partial charge is 0.463 e. The van der Waals surface area contributed by atoms with Crippen LogP contribution in [-0.2, 0) is 68.7 Å². The molecule has 0 aromatic heterocycles. The van der Waals surface area contributed by atoms with Gasteiger partial charge in [-0.3, -0.25) is 9.59 Å². The van der Waals surface area contributed by atoms with Crippen LogP contribution in [0.5, 0.6) is 0 Å². The fourth-order valence-electron chi connectivity index (χ4n) is 11.4. The lowest BCUT2D eigenvalue weighted by Gasteiger charge is -2.60. The number of benzene rings is 3. The van der Waals surface area contributed by atoms with E-state index < -0.39 is 51.3 Å². The summed E-state index contributed by atoms with van der Waals surface area (Å²) in [6, 6.07) is 32.2. The minimum Gasteiger partial charge on any atom is -0.743 e. The van der Waals surface area contributed by atoms with Crippen LogP contribution in [0.1, 0.15) is 86.0 Å². The maximum atomic E-state index is 13.0. The van der Waals surface area contributed by atoms with Crippen LogP contribution in [0.15, 0.2) is 142 Å². The average Bonchev–Trinajstić information content (AvgIpc) is 4.00. The molecule has 0 radical (unpaired) electrons. The van der Waals surface area contributed by atoms with E-state index >= 15 is 0 Å². The summed E-state index contributed by atoms with van der Waals surface area (Å²) in [7, 11) is -6.40. The number of hydrogen-bond acceptors (Lipinski definition) is 13. The standard InChI is InChI=1S/C18H15S.C16H24O2.C12H14O4.C10H11F5O7S/c1-4-10-16(11-5-1)19(17-12-6-2-7-13-17)18-14-8-3-9-15-18;1-4-16(18-15(17)10(2)3)13-6-11-5-12(8-13)9-14(16)7-11;1-5(2)11(13)15-9-6-3-7-8(4-6)12(14)16-10(7)9;1-5(2)7(17)22-9(6(3)16,10(13,14)15)21-4-8(11,12)23(18,19)20/h1-15H;11-14H,2,4-9H2,1,3H3;6-10H,1,3-4H2,2H3;1,4H2,2-3H3,(H,18,19,20)/q+1;;;/p-1. The Labute approximate surface area is 442 Å². The minimum atomic E-state index is -6.39. The zero-order valence-electron chi connectivity index (χ0n) is 42.9. The zero-order valence-corrected chi connectivity index (χ0v) is 44.5. The Morgan fingerprint density at radius 3 is 1.53 bits per heavy atom. The Morgan fingerprint density at radius 2 is 1.14 bits per heavy atom. The van der Waals surface area contributed by atoms with Gasteiger partial charge >= 0.3 is 41.1 Å². The lowest BCUT2D eigenvalue weighted by Crippen LogP contribution is -2.59. The van der Waals surface area contributed by atoms with Gasteiger partial charge in [0.25, 0.3) is 0 Å². The van der Waals surface area contributed by atoms with Crippen LogP contribution in [-0.4, -0.2) is 84.3 Å². The molecule has 6 atom stereocenters. The number of halogens is 5. The predicted octanol–water partition coefficient (Wildman–Crippen LogP) is 10.7. The van der Waals surface area contributed by atoms with Gasteiger partial charge in [0, 0.05) is 35.5 Å². The number of esters is 4. The van der Waals surface area contributed by atoms with Crippen LogP contribution in [0.3, 0.4) is 0 Å². The second-order valence-electron chi connectivity index (χ2n) is 20.3. The van der Waals surface area contributed by atoms with Gasteiger partial charge in [0.1, 0.15) is 24.4 Å². The highest BCUT2D eigenvalue weighted by Gasteiger charge is 2.66. The number of ether oxygens (including phenoxy) is 5. The van der Waals surface area contributed by atoms with E-state index in [1.165, 1.54) is 46.8 Å². The average molecular weight is 1100 g/mol. The number of carbonyl (C=O) groups excluding carboxylic acids is 5. The van der Waals surface area contributed by atoms with E-state index in [-0.39, 0.29) is 65.4 Å². The molecule has 412 valence electrons. The van der Waals surface area contributed by atoms with Gasteiger partial charge in [0.05, 0.1) is 16.8 Å². The van der Waals surface area contributed by atoms with Crippen molar-refractivity contribution in [1.29, 1.82) is 0 Å². The van der Waals surface area contributed by atoms with Crippen molar-refractivity contribution < 1.29 is 82.6 Å². The summed E-state index contributed by atoms with van der Waals surface area (Å²) in [5.41, 5.74) is 0.135. The van der Waals surface area contributed by atoms with Crippen LogP contribution >= 0.6 is 0 Å². The fraction of sp³-hybridized carbons (Fsp3) is 0.482. The number of rotatable bonds is 15. The highest BCUT2D eigenvalue weighted by atomic mass is 32.2. The lowest BCUT2D eigenvalue weighted by atomic mass is 9.49. The molecule has 10 rings (SSSR count). The summed E-state index contributed by atoms with van der Waals surface area (Å²) in [6.45, 7) is 14.2. The molecule has 1 aliphatic heterocycles. The number of fused-ring (bicyclic) bond motifs is 1. The molecule has 0 amide bonds. The van der Waals surface area contributed by atoms with Crippen molar-refractivity contribution in [1.82, 2.24) is 0 Å². The molecule has 0 spiro atoms. The molecule has 0 N–H and O–H groups in total. The van der Waals surface area contributed by atoms with Crippen LogP contribution in [0, 0.1) is 41.4 Å². The van der Waals surface area contributed by atoms with Crippen LogP contribution in [0.25, 0.3) is 0 Å². The molecular weight excluding hydrogens is 1040 g/mol. The molecule has 20 heteroatoms. The quantitative estimate of drug-likeness (QED) is 0.0266. The van der Waals surface area contributed by atoms with Crippen LogP contribution in [0.2, 0.25) is 0 Å². The van der Waals surface area contributed by atoms with Crippen molar-refractivity contribution in [2.75, 3.05) is 6.61 Å². The summed E-state index contributed by atoms with van der Waals surface area (Å²) < 4.78 is 120. The summed E-state index contributed by atoms with van der Waals surface area (Å²) in [4.78, 5) is 61.4. The van der Waals surface area contributed by atoms with Crippen molar-refractivity contribution in [2.24, 2.45) is 41.4 Å². The third kappa shape index (κ3) is 13.0. The van der Waals surface area contributed by atoms with E-state index in [9.17, 15) is 58.9 Å². The number of ketones is 1. The normalized spacial score (nSPS) is 27.2. The SMILES string of the molecule is C=C(C)C(=O)OC(OCC(F)(F)S(=O)(=O)[O-])(C(C)=O)C(F)(F)F.C=C(C)C(=O)OC1(CC)C2CC3CC(C2)CC1C3.C=C(C)C(=O)OC1C2CC3C(=O)OC1C3C2.c1ccc([S+](c2ccccc2)c2ccccc2)cc1. The fourth-order valence-corrected chi connectivity index (χ4v) is 13.7. The molecular formula is C56H63F5O13S2. The molecule has 1 heterocycles. The zero-order chi connectivity index (χ0) is 56.1. The first-order valence-electron chi connectivity index (χ1n) is 24.8. The summed E-state index contributed by atoms with van der Waals surface area (Å²) in [5, 5.41) is -5.30. The van der Waals surface area contributed by atoms with Gasteiger partial charge < -0.3 is 28.2 Å². The van der Waals surface area contributed by atoms with Crippen molar-refractivity contribution in [3.63, 3.8) is 0 Å². The van der Waals surface area contributed by atoms with E-state index in [0.29, 0.717) is 28.9 Å². The molecule has 7 fully saturated rings. The highest BCUT2D eigenvalue weighted by Crippen LogP contribution is 2.61. The summed E-state index contributed by atoms with van der Waals surface area (Å²) in [6.07, 6.45) is 3.03. The second-order valence-corrected chi connectivity index (χ2v) is 23.8. The first-order valence-corrected chi connectivity index (χ1v) is 27.5.